The fourth-order valence-electron chi connectivity index (χ4n) is 3.40. The van der Waals surface area contributed by atoms with Crippen LogP contribution in [0, 0.1) is 22.9 Å². The van der Waals surface area contributed by atoms with E-state index in [2.05, 4.69) is 10.2 Å². The molecule has 0 bridgehead atoms. The summed E-state index contributed by atoms with van der Waals surface area (Å²) in [5.74, 6) is -0.884. The summed E-state index contributed by atoms with van der Waals surface area (Å²) < 4.78 is 40.9. The van der Waals surface area contributed by atoms with E-state index in [1.165, 1.54) is 11.2 Å². The number of nitro groups is 1. The monoisotopic (exact) mass is 408 g/mol. The molecule has 3 rings (SSSR count). The average molecular weight is 409 g/mol. The summed E-state index contributed by atoms with van der Waals surface area (Å²) >= 11 is 0. The molecule has 1 aromatic rings. The Morgan fingerprint density at radius 3 is 2.54 bits per heavy atom. The van der Waals surface area contributed by atoms with Gasteiger partial charge in [-0.3, -0.25) is 15.0 Å². The van der Waals surface area contributed by atoms with Crippen molar-refractivity contribution in [1.82, 2.24) is 14.5 Å². The molecule has 2 aliphatic heterocycles. The van der Waals surface area contributed by atoms with E-state index in [9.17, 15) is 22.9 Å². The van der Waals surface area contributed by atoms with Crippen LogP contribution < -0.4 is 5.32 Å². The maximum Gasteiger partial charge on any atom is 0.276 e. The van der Waals surface area contributed by atoms with Crippen molar-refractivity contribution >= 4 is 28.1 Å². The van der Waals surface area contributed by atoms with Crippen molar-refractivity contribution in [3.05, 3.63) is 33.6 Å². The molecule has 1 atom stereocenters. The van der Waals surface area contributed by atoms with E-state index in [1.54, 1.807) is 0 Å². The van der Waals surface area contributed by atoms with Crippen LogP contribution in [0.25, 0.3) is 0 Å². The van der Waals surface area contributed by atoms with Gasteiger partial charge in [-0.25, -0.2) is 12.8 Å². The molecular formula is C15H22ClFN4O4S. The smallest absolute Gasteiger partial charge is 0.276 e. The molecule has 0 aromatic heterocycles. The zero-order valence-corrected chi connectivity index (χ0v) is 16.0. The van der Waals surface area contributed by atoms with Crippen molar-refractivity contribution in [2.45, 2.75) is 24.3 Å². The third-order valence-corrected chi connectivity index (χ3v) is 6.76. The lowest BCUT2D eigenvalue weighted by atomic mass is 10.2. The van der Waals surface area contributed by atoms with Crippen LogP contribution in [0.3, 0.4) is 0 Å². The number of hydrogen-bond donors (Lipinski definition) is 1. The Kier molecular flexibility index (Phi) is 6.56. The third-order valence-electron chi connectivity index (χ3n) is 4.92. The normalized spacial score (nSPS) is 22.2. The predicted molar refractivity (Wildman–Crippen MR) is 96.6 cm³/mol. The van der Waals surface area contributed by atoms with Crippen molar-refractivity contribution in [2.24, 2.45) is 0 Å². The summed E-state index contributed by atoms with van der Waals surface area (Å²) in [6.07, 6.45) is 0.704. The Hall–Kier alpha value is -1.33. The Bertz CT molecular complexity index is 786. The minimum Gasteiger partial charge on any atom is -0.314 e. The van der Waals surface area contributed by atoms with Crippen LogP contribution in [0.2, 0.25) is 0 Å². The average Bonchev–Trinajstić information content (AvgIpc) is 3.08. The van der Waals surface area contributed by atoms with E-state index in [1.807, 2.05) is 0 Å². The number of halogens is 2. The van der Waals surface area contributed by atoms with E-state index in [4.69, 9.17) is 0 Å². The standard InChI is InChI=1S/C15H21FN4O4S.ClH/c1-11-14(16)8-13(9-15(11)20(21)22)25(23,24)19-5-2-12(10-19)18-6-3-17-4-7-18;/h8-9,12,17H,2-7,10H2,1H3;1H. The number of hydrogen-bond acceptors (Lipinski definition) is 6. The first-order valence-corrected chi connectivity index (χ1v) is 9.64. The molecule has 0 spiro atoms. The Labute approximate surface area is 158 Å². The van der Waals surface area contributed by atoms with Gasteiger partial charge in [0.1, 0.15) is 5.82 Å². The first-order valence-electron chi connectivity index (χ1n) is 8.20. The van der Waals surface area contributed by atoms with E-state index < -0.39 is 26.5 Å². The molecule has 146 valence electrons. The van der Waals surface area contributed by atoms with Gasteiger partial charge in [0.15, 0.2) is 0 Å². The SMILES string of the molecule is Cc1c(F)cc(S(=O)(=O)N2CCC(N3CCNCC3)C2)cc1[N+](=O)[O-].Cl. The molecule has 0 amide bonds. The van der Waals surface area contributed by atoms with E-state index in [0.717, 1.165) is 38.3 Å². The van der Waals surface area contributed by atoms with Crippen molar-refractivity contribution in [2.75, 3.05) is 39.3 Å². The quantitative estimate of drug-likeness (QED) is 0.592. The highest BCUT2D eigenvalue weighted by molar-refractivity contribution is 7.89. The summed E-state index contributed by atoms with van der Waals surface area (Å²) in [5, 5.41) is 14.3. The maximum atomic E-state index is 14.0. The molecule has 0 saturated carbocycles. The van der Waals surface area contributed by atoms with Crippen LogP contribution in [0.15, 0.2) is 17.0 Å². The molecule has 0 radical (unpaired) electrons. The van der Waals surface area contributed by atoms with E-state index in [-0.39, 0.29) is 28.9 Å². The Morgan fingerprint density at radius 1 is 1.27 bits per heavy atom. The zero-order valence-electron chi connectivity index (χ0n) is 14.4. The van der Waals surface area contributed by atoms with Crippen LogP contribution >= 0.6 is 12.4 Å². The van der Waals surface area contributed by atoms with Crippen molar-refractivity contribution in [1.29, 1.82) is 0 Å². The first kappa shape index (κ1) is 21.0. The Morgan fingerprint density at radius 2 is 1.92 bits per heavy atom. The molecule has 0 aliphatic carbocycles. The molecule has 1 N–H and O–H groups in total. The number of rotatable bonds is 4. The first-order chi connectivity index (χ1) is 11.8. The molecule has 1 unspecified atom stereocenters. The van der Waals surface area contributed by atoms with Crippen molar-refractivity contribution < 1.29 is 17.7 Å². The summed E-state index contributed by atoms with van der Waals surface area (Å²) in [7, 11) is -3.96. The van der Waals surface area contributed by atoms with Gasteiger partial charge in [-0.2, -0.15) is 4.31 Å². The number of benzene rings is 1. The highest BCUT2D eigenvalue weighted by atomic mass is 35.5. The summed E-state index contributed by atoms with van der Waals surface area (Å²) in [5.41, 5.74) is -0.680. The molecule has 2 fully saturated rings. The molecule has 8 nitrogen and oxygen atoms in total. The van der Waals surface area contributed by atoms with Gasteiger partial charge in [0.2, 0.25) is 10.0 Å². The molecule has 2 aliphatic rings. The van der Waals surface area contributed by atoms with Crippen LogP contribution in [-0.2, 0) is 10.0 Å². The molecular weight excluding hydrogens is 387 g/mol. The van der Waals surface area contributed by atoms with Gasteiger partial charge in [-0.05, 0) is 19.4 Å². The van der Waals surface area contributed by atoms with Gasteiger partial charge >= 0.3 is 0 Å². The molecule has 2 heterocycles. The van der Waals surface area contributed by atoms with Crippen molar-refractivity contribution in [3.8, 4) is 0 Å². The second kappa shape index (κ2) is 8.13. The lowest BCUT2D eigenvalue weighted by molar-refractivity contribution is -0.385. The van der Waals surface area contributed by atoms with Crippen LogP contribution in [0.1, 0.15) is 12.0 Å². The highest BCUT2D eigenvalue weighted by Crippen LogP contribution is 2.29. The minimum absolute atomic E-state index is 0. The number of sulfonamides is 1. The highest BCUT2D eigenvalue weighted by Gasteiger charge is 2.36. The van der Waals surface area contributed by atoms with Crippen LogP contribution in [-0.4, -0.2) is 67.9 Å². The predicted octanol–water partition coefficient (Wildman–Crippen LogP) is 1.13. The van der Waals surface area contributed by atoms with E-state index >= 15 is 0 Å². The van der Waals surface area contributed by atoms with Gasteiger partial charge in [0.05, 0.1) is 15.4 Å². The van der Waals surface area contributed by atoms with Crippen LogP contribution in [0.5, 0.6) is 0 Å². The second-order valence-corrected chi connectivity index (χ2v) is 8.34. The lowest BCUT2D eigenvalue weighted by Crippen LogP contribution is -2.49. The van der Waals surface area contributed by atoms with E-state index in [0.29, 0.717) is 19.5 Å². The maximum absolute atomic E-state index is 14.0. The fourth-order valence-corrected chi connectivity index (χ4v) is 4.93. The second-order valence-electron chi connectivity index (χ2n) is 6.40. The number of nitrogens with one attached hydrogen (secondary N) is 1. The number of piperazine rings is 1. The summed E-state index contributed by atoms with van der Waals surface area (Å²) in [4.78, 5) is 12.2. The number of nitrogens with zero attached hydrogens (tertiary/aromatic N) is 3. The topological polar surface area (TPSA) is 95.8 Å². The zero-order chi connectivity index (χ0) is 18.2. The molecule has 1 aromatic carbocycles. The van der Waals surface area contributed by atoms with Crippen LogP contribution in [0.4, 0.5) is 10.1 Å². The minimum atomic E-state index is -3.96. The van der Waals surface area contributed by atoms with Crippen molar-refractivity contribution in [3.63, 3.8) is 0 Å². The van der Waals surface area contributed by atoms with Gasteiger partial charge < -0.3 is 5.32 Å². The molecule has 26 heavy (non-hydrogen) atoms. The molecule has 2 saturated heterocycles. The third kappa shape index (κ3) is 3.99. The fraction of sp³-hybridized carbons (Fsp3) is 0.600. The van der Waals surface area contributed by atoms with Gasteiger partial charge in [0.25, 0.3) is 5.69 Å². The van der Waals surface area contributed by atoms with Gasteiger partial charge in [-0.1, -0.05) is 0 Å². The lowest BCUT2D eigenvalue weighted by Gasteiger charge is -2.32. The summed E-state index contributed by atoms with van der Waals surface area (Å²) in [6, 6.07) is 1.95. The van der Waals surface area contributed by atoms with Gasteiger partial charge in [-0.15, -0.1) is 12.4 Å². The number of nitro benzene ring substituents is 1. The summed E-state index contributed by atoms with van der Waals surface area (Å²) in [6.45, 7) is 5.40. The molecule has 11 heteroatoms. The Balaban J connectivity index is 0.00000243. The van der Waals surface area contributed by atoms with Gasteiger partial charge in [0, 0.05) is 51.4 Å². The largest absolute Gasteiger partial charge is 0.314 e.